The van der Waals surface area contributed by atoms with Crippen molar-refractivity contribution in [3.05, 3.63) is 12.2 Å². The van der Waals surface area contributed by atoms with Crippen molar-refractivity contribution in [2.24, 2.45) is 13.0 Å². The highest BCUT2D eigenvalue weighted by Crippen LogP contribution is 2.04. The fourth-order valence-electron chi connectivity index (χ4n) is 1.63. The minimum absolute atomic E-state index is 0.810. The maximum Gasteiger partial charge on any atom is 0.138 e. The molecule has 0 fully saturated rings. The number of hydrogen-bond acceptors (Lipinski definition) is 3. The molecule has 1 aromatic heterocycles. The summed E-state index contributed by atoms with van der Waals surface area (Å²) >= 11 is 0. The quantitative estimate of drug-likeness (QED) is 0.691. The molecule has 0 aromatic carbocycles. The molecule has 0 aliphatic carbocycles. The Hall–Kier alpha value is -0.900. The molecule has 1 N–H and O–H groups in total. The van der Waals surface area contributed by atoms with E-state index in [1.807, 2.05) is 11.7 Å². The Kier molecular flexibility index (Phi) is 5.32. The van der Waals surface area contributed by atoms with Gasteiger partial charge in [0.1, 0.15) is 12.2 Å². The standard InChI is InChI=1S/C11H22N4/c1-4-10(5-2)8-12-7-6-11-13-9-14-15(11)3/h9-10,12H,4-8H2,1-3H3. The number of aromatic nitrogens is 3. The van der Waals surface area contributed by atoms with Gasteiger partial charge in [0, 0.05) is 20.0 Å². The lowest BCUT2D eigenvalue weighted by Crippen LogP contribution is -2.25. The van der Waals surface area contributed by atoms with Crippen molar-refractivity contribution >= 4 is 0 Å². The molecule has 1 rings (SSSR count). The second kappa shape index (κ2) is 6.56. The summed E-state index contributed by atoms with van der Waals surface area (Å²) in [5, 5.41) is 7.51. The number of nitrogens with zero attached hydrogens (tertiary/aromatic N) is 3. The summed E-state index contributed by atoms with van der Waals surface area (Å²) in [6.07, 6.45) is 5.08. The van der Waals surface area contributed by atoms with Gasteiger partial charge >= 0.3 is 0 Å². The smallest absolute Gasteiger partial charge is 0.138 e. The Morgan fingerprint density at radius 2 is 2.13 bits per heavy atom. The molecule has 0 bridgehead atoms. The van der Waals surface area contributed by atoms with Crippen molar-refractivity contribution in [2.45, 2.75) is 33.1 Å². The van der Waals surface area contributed by atoms with Crippen LogP contribution >= 0.6 is 0 Å². The Balaban J connectivity index is 2.14. The van der Waals surface area contributed by atoms with E-state index < -0.39 is 0 Å². The summed E-state index contributed by atoms with van der Waals surface area (Å²) in [7, 11) is 1.93. The number of aryl methyl sites for hydroxylation is 1. The van der Waals surface area contributed by atoms with Gasteiger partial charge in [-0.05, 0) is 12.5 Å². The molecule has 4 nitrogen and oxygen atoms in total. The van der Waals surface area contributed by atoms with Crippen LogP contribution in [0.5, 0.6) is 0 Å². The minimum atomic E-state index is 0.810. The van der Waals surface area contributed by atoms with Gasteiger partial charge in [0.15, 0.2) is 0 Å². The fraction of sp³-hybridized carbons (Fsp3) is 0.818. The van der Waals surface area contributed by atoms with E-state index in [1.54, 1.807) is 6.33 Å². The summed E-state index contributed by atoms with van der Waals surface area (Å²) in [5.74, 6) is 1.86. The molecule has 1 heterocycles. The van der Waals surface area contributed by atoms with E-state index in [0.717, 1.165) is 31.3 Å². The van der Waals surface area contributed by atoms with Gasteiger partial charge in [0.25, 0.3) is 0 Å². The van der Waals surface area contributed by atoms with Gasteiger partial charge in [0.2, 0.25) is 0 Å². The third-order valence-electron chi connectivity index (χ3n) is 2.92. The van der Waals surface area contributed by atoms with Crippen molar-refractivity contribution in [3.63, 3.8) is 0 Å². The molecule has 0 spiro atoms. The van der Waals surface area contributed by atoms with E-state index in [0.29, 0.717) is 0 Å². The summed E-state index contributed by atoms with van der Waals surface area (Å²) < 4.78 is 1.83. The molecular formula is C11H22N4. The second-order valence-electron chi connectivity index (χ2n) is 3.94. The fourth-order valence-corrected chi connectivity index (χ4v) is 1.63. The summed E-state index contributed by atoms with van der Waals surface area (Å²) in [6, 6.07) is 0. The lowest BCUT2D eigenvalue weighted by atomic mass is 10.0. The van der Waals surface area contributed by atoms with Gasteiger partial charge in [-0.2, -0.15) is 5.10 Å². The van der Waals surface area contributed by atoms with Crippen LogP contribution in [0.1, 0.15) is 32.5 Å². The lowest BCUT2D eigenvalue weighted by molar-refractivity contribution is 0.449. The van der Waals surface area contributed by atoms with Crippen LogP contribution in [-0.4, -0.2) is 27.9 Å². The van der Waals surface area contributed by atoms with Crippen LogP contribution in [0.2, 0.25) is 0 Å². The molecule has 0 amide bonds. The van der Waals surface area contributed by atoms with Gasteiger partial charge in [-0.25, -0.2) is 4.98 Å². The van der Waals surface area contributed by atoms with Crippen LogP contribution in [-0.2, 0) is 13.5 Å². The number of rotatable bonds is 7. The molecule has 0 unspecified atom stereocenters. The van der Waals surface area contributed by atoms with Crippen molar-refractivity contribution in [1.29, 1.82) is 0 Å². The molecule has 0 radical (unpaired) electrons. The SMILES string of the molecule is CCC(CC)CNCCc1ncnn1C. The highest BCUT2D eigenvalue weighted by molar-refractivity contribution is 4.84. The van der Waals surface area contributed by atoms with Crippen molar-refractivity contribution in [2.75, 3.05) is 13.1 Å². The highest BCUT2D eigenvalue weighted by atomic mass is 15.3. The molecule has 0 aliphatic rings. The van der Waals surface area contributed by atoms with E-state index in [9.17, 15) is 0 Å². The predicted octanol–water partition coefficient (Wildman–Crippen LogP) is 1.38. The molecule has 1 aromatic rings. The minimum Gasteiger partial charge on any atom is -0.316 e. The zero-order chi connectivity index (χ0) is 11.1. The number of nitrogens with one attached hydrogen (secondary N) is 1. The van der Waals surface area contributed by atoms with E-state index in [2.05, 4.69) is 29.2 Å². The molecule has 0 aliphatic heterocycles. The highest BCUT2D eigenvalue weighted by Gasteiger charge is 2.03. The van der Waals surface area contributed by atoms with Crippen LogP contribution in [0.4, 0.5) is 0 Å². The molecule has 86 valence electrons. The van der Waals surface area contributed by atoms with Crippen LogP contribution in [0.15, 0.2) is 6.33 Å². The topological polar surface area (TPSA) is 42.7 Å². The molecule has 0 saturated carbocycles. The van der Waals surface area contributed by atoms with Gasteiger partial charge < -0.3 is 5.32 Å². The Morgan fingerprint density at radius 1 is 1.40 bits per heavy atom. The van der Waals surface area contributed by atoms with E-state index in [-0.39, 0.29) is 0 Å². The van der Waals surface area contributed by atoms with Crippen LogP contribution in [0.25, 0.3) is 0 Å². The van der Waals surface area contributed by atoms with E-state index in [1.165, 1.54) is 12.8 Å². The Labute approximate surface area is 92.1 Å². The molecule has 15 heavy (non-hydrogen) atoms. The molecular weight excluding hydrogens is 188 g/mol. The first-order valence-electron chi connectivity index (χ1n) is 5.81. The molecule has 0 saturated heterocycles. The summed E-state index contributed by atoms with van der Waals surface area (Å²) in [5.41, 5.74) is 0. The van der Waals surface area contributed by atoms with Crippen LogP contribution in [0, 0.1) is 5.92 Å². The second-order valence-corrected chi connectivity index (χ2v) is 3.94. The predicted molar refractivity (Wildman–Crippen MR) is 61.6 cm³/mol. The molecule has 0 atom stereocenters. The third-order valence-corrected chi connectivity index (χ3v) is 2.92. The van der Waals surface area contributed by atoms with Gasteiger partial charge in [-0.15, -0.1) is 0 Å². The summed E-state index contributed by atoms with van der Waals surface area (Å²) in [6.45, 7) is 6.60. The first-order valence-corrected chi connectivity index (χ1v) is 5.81. The van der Waals surface area contributed by atoms with E-state index in [4.69, 9.17) is 0 Å². The largest absolute Gasteiger partial charge is 0.316 e. The Morgan fingerprint density at radius 3 is 2.67 bits per heavy atom. The van der Waals surface area contributed by atoms with Gasteiger partial charge in [-0.3, -0.25) is 4.68 Å². The van der Waals surface area contributed by atoms with Gasteiger partial charge in [-0.1, -0.05) is 26.7 Å². The third kappa shape index (κ3) is 4.00. The maximum absolute atomic E-state index is 4.18. The van der Waals surface area contributed by atoms with Crippen molar-refractivity contribution in [1.82, 2.24) is 20.1 Å². The zero-order valence-corrected chi connectivity index (χ0v) is 10.0. The average Bonchev–Trinajstić information content (AvgIpc) is 2.65. The first-order chi connectivity index (χ1) is 7.27. The van der Waals surface area contributed by atoms with Crippen molar-refractivity contribution < 1.29 is 0 Å². The normalized spacial score (nSPS) is 11.2. The van der Waals surface area contributed by atoms with E-state index >= 15 is 0 Å². The average molecular weight is 210 g/mol. The molecule has 4 heteroatoms. The Bertz CT molecular complexity index is 265. The van der Waals surface area contributed by atoms with Gasteiger partial charge in [0.05, 0.1) is 0 Å². The maximum atomic E-state index is 4.18. The number of hydrogen-bond donors (Lipinski definition) is 1. The zero-order valence-electron chi connectivity index (χ0n) is 10.0. The van der Waals surface area contributed by atoms with Crippen LogP contribution in [0.3, 0.4) is 0 Å². The lowest BCUT2D eigenvalue weighted by Gasteiger charge is -2.12. The first kappa shape index (κ1) is 12.2. The summed E-state index contributed by atoms with van der Waals surface area (Å²) in [4.78, 5) is 4.18. The van der Waals surface area contributed by atoms with Crippen LogP contribution < -0.4 is 5.32 Å². The van der Waals surface area contributed by atoms with Crippen molar-refractivity contribution in [3.8, 4) is 0 Å². The monoisotopic (exact) mass is 210 g/mol.